The van der Waals surface area contributed by atoms with Gasteiger partial charge in [0, 0.05) is 11.7 Å². The van der Waals surface area contributed by atoms with Crippen LogP contribution in [0.2, 0.25) is 0 Å². The molecule has 0 radical (unpaired) electrons. The van der Waals surface area contributed by atoms with Crippen molar-refractivity contribution in [2.75, 3.05) is 12.4 Å². The van der Waals surface area contributed by atoms with E-state index in [2.05, 4.69) is 10.6 Å². The highest BCUT2D eigenvalue weighted by atomic mass is 16.6. The number of carbonyl (C=O) groups excluding carboxylic acids is 3. The second-order valence-electron chi connectivity index (χ2n) is 11.2. The van der Waals surface area contributed by atoms with Crippen LogP contribution < -0.4 is 15.4 Å². The van der Waals surface area contributed by atoms with Crippen molar-refractivity contribution in [2.24, 2.45) is 5.92 Å². The first-order chi connectivity index (χ1) is 17.7. The zero-order valence-electron chi connectivity index (χ0n) is 24.1. The van der Waals surface area contributed by atoms with Crippen LogP contribution >= 0.6 is 0 Å². The molecule has 38 heavy (non-hydrogen) atoms. The minimum atomic E-state index is -0.930. The number of alkyl carbamates (subject to hydrolysis) is 1. The third-order valence-corrected chi connectivity index (χ3v) is 5.78. The summed E-state index contributed by atoms with van der Waals surface area (Å²) in [5, 5.41) is 5.71. The highest BCUT2D eigenvalue weighted by molar-refractivity contribution is 5.99. The number of benzene rings is 2. The van der Waals surface area contributed by atoms with Crippen molar-refractivity contribution in [1.29, 1.82) is 0 Å². The van der Waals surface area contributed by atoms with E-state index in [0.717, 1.165) is 5.56 Å². The molecule has 0 fully saturated rings. The molecule has 2 aromatic carbocycles. The van der Waals surface area contributed by atoms with Crippen molar-refractivity contribution in [3.63, 3.8) is 0 Å². The van der Waals surface area contributed by atoms with Crippen LogP contribution in [0, 0.1) is 12.8 Å². The molecule has 2 unspecified atom stereocenters. The third-order valence-electron chi connectivity index (χ3n) is 5.78. The van der Waals surface area contributed by atoms with Crippen LogP contribution in [0.1, 0.15) is 72.1 Å². The molecule has 0 aliphatic rings. The van der Waals surface area contributed by atoms with E-state index in [-0.39, 0.29) is 23.8 Å². The van der Waals surface area contributed by atoms with Crippen LogP contribution in [0.5, 0.6) is 5.75 Å². The fourth-order valence-corrected chi connectivity index (χ4v) is 4.07. The predicted molar refractivity (Wildman–Crippen MR) is 150 cm³/mol. The zero-order valence-corrected chi connectivity index (χ0v) is 24.1. The average Bonchev–Trinajstić information content (AvgIpc) is 2.81. The standard InChI is InChI=1S/C30H43N3O5/c1-19(2)18-25(32-29(36)38-30(6,7)8)28(35)33(20(3)4)26(22-12-10-21(5)11-13-22)27(34)31-23-14-16-24(37-9)17-15-23/h10-17,19-20,25-26H,18H2,1-9H3,(H,31,34)(H,32,36). The van der Waals surface area contributed by atoms with E-state index >= 15 is 0 Å². The van der Waals surface area contributed by atoms with E-state index in [1.807, 2.05) is 58.9 Å². The molecule has 2 N–H and O–H groups in total. The first kappa shape index (κ1) is 30.7. The second-order valence-corrected chi connectivity index (χ2v) is 11.2. The summed E-state index contributed by atoms with van der Waals surface area (Å²) in [6, 6.07) is 12.4. The fourth-order valence-electron chi connectivity index (χ4n) is 4.07. The third kappa shape index (κ3) is 9.08. The number of methoxy groups -OCH3 is 1. The lowest BCUT2D eigenvalue weighted by molar-refractivity contribution is -0.143. The lowest BCUT2D eigenvalue weighted by Gasteiger charge is -2.37. The molecule has 2 aromatic rings. The first-order valence-electron chi connectivity index (χ1n) is 13.0. The van der Waals surface area contributed by atoms with Gasteiger partial charge in [-0.1, -0.05) is 43.7 Å². The molecular weight excluding hydrogens is 482 g/mol. The number of hydrogen-bond donors (Lipinski definition) is 2. The smallest absolute Gasteiger partial charge is 0.408 e. The Labute approximate surface area is 227 Å². The molecule has 8 nitrogen and oxygen atoms in total. The molecule has 0 saturated heterocycles. The Bertz CT molecular complexity index is 1070. The molecule has 0 bridgehead atoms. The molecule has 0 aromatic heterocycles. The number of amides is 3. The van der Waals surface area contributed by atoms with E-state index in [0.29, 0.717) is 23.4 Å². The summed E-state index contributed by atoms with van der Waals surface area (Å²) in [6.07, 6.45) is -0.281. The van der Waals surface area contributed by atoms with Gasteiger partial charge in [0.25, 0.3) is 5.91 Å². The summed E-state index contributed by atoms with van der Waals surface area (Å²) in [6.45, 7) is 14.9. The normalized spacial score (nSPS) is 13.0. The Morgan fingerprint density at radius 2 is 1.50 bits per heavy atom. The number of nitrogens with zero attached hydrogens (tertiary/aromatic N) is 1. The van der Waals surface area contributed by atoms with Gasteiger partial charge < -0.3 is 25.0 Å². The molecule has 208 valence electrons. The van der Waals surface area contributed by atoms with E-state index < -0.39 is 23.8 Å². The summed E-state index contributed by atoms with van der Waals surface area (Å²) in [7, 11) is 1.58. The molecule has 3 amide bonds. The van der Waals surface area contributed by atoms with Gasteiger partial charge in [-0.3, -0.25) is 9.59 Å². The molecule has 8 heteroatoms. The molecule has 0 aliphatic carbocycles. The highest BCUT2D eigenvalue weighted by Gasteiger charge is 2.38. The van der Waals surface area contributed by atoms with Gasteiger partial charge in [0.15, 0.2) is 0 Å². The van der Waals surface area contributed by atoms with Crippen molar-refractivity contribution in [3.8, 4) is 5.75 Å². The molecule has 2 atom stereocenters. The largest absolute Gasteiger partial charge is 0.497 e. The van der Waals surface area contributed by atoms with Gasteiger partial charge in [0.05, 0.1) is 7.11 Å². The van der Waals surface area contributed by atoms with Crippen LogP contribution in [0.4, 0.5) is 10.5 Å². The first-order valence-corrected chi connectivity index (χ1v) is 13.0. The summed E-state index contributed by atoms with van der Waals surface area (Å²) >= 11 is 0. The van der Waals surface area contributed by atoms with Gasteiger partial charge in [-0.25, -0.2) is 4.79 Å². The number of anilines is 1. The Balaban J connectivity index is 2.48. The minimum Gasteiger partial charge on any atom is -0.497 e. The van der Waals surface area contributed by atoms with Crippen molar-refractivity contribution in [1.82, 2.24) is 10.2 Å². The minimum absolute atomic E-state index is 0.110. The van der Waals surface area contributed by atoms with E-state index in [4.69, 9.17) is 9.47 Å². The SMILES string of the molecule is COc1ccc(NC(=O)C(c2ccc(C)cc2)N(C(=O)C(CC(C)C)NC(=O)OC(C)(C)C)C(C)C)cc1. The lowest BCUT2D eigenvalue weighted by Crippen LogP contribution is -2.54. The zero-order chi connectivity index (χ0) is 28.6. The Morgan fingerprint density at radius 3 is 1.97 bits per heavy atom. The Hall–Kier alpha value is -3.55. The summed E-state index contributed by atoms with van der Waals surface area (Å²) in [4.78, 5) is 42.1. The molecule has 0 aliphatic heterocycles. The van der Waals surface area contributed by atoms with E-state index in [9.17, 15) is 14.4 Å². The number of nitrogens with one attached hydrogen (secondary N) is 2. The van der Waals surface area contributed by atoms with Crippen molar-refractivity contribution >= 4 is 23.6 Å². The van der Waals surface area contributed by atoms with Crippen LogP contribution in [0.25, 0.3) is 0 Å². The predicted octanol–water partition coefficient (Wildman–Crippen LogP) is 5.86. The van der Waals surface area contributed by atoms with Crippen LogP contribution in [-0.2, 0) is 14.3 Å². The second kappa shape index (κ2) is 13.3. The number of carbonyl (C=O) groups is 3. The number of aryl methyl sites for hydroxylation is 1. The van der Waals surface area contributed by atoms with Crippen molar-refractivity contribution in [3.05, 3.63) is 59.7 Å². The van der Waals surface area contributed by atoms with Gasteiger partial charge in [-0.05, 0) is 83.7 Å². The van der Waals surface area contributed by atoms with Gasteiger partial charge in [-0.2, -0.15) is 0 Å². The van der Waals surface area contributed by atoms with E-state index in [1.54, 1.807) is 57.0 Å². The molecule has 2 rings (SSSR count). The maximum absolute atomic E-state index is 14.1. The van der Waals surface area contributed by atoms with Gasteiger partial charge >= 0.3 is 6.09 Å². The molecule has 0 heterocycles. The maximum Gasteiger partial charge on any atom is 0.408 e. The average molecular weight is 526 g/mol. The number of hydrogen-bond acceptors (Lipinski definition) is 5. The monoisotopic (exact) mass is 525 g/mol. The quantitative estimate of drug-likeness (QED) is 0.405. The van der Waals surface area contributed by atoms with Crippen LogP contribution in [0.15, 0.2) is 48.5 Å². The van der Waals surface area contributed by atoms with E-state index in [1.165, 1.54) is 0 Å². The summed E-state index contributed by atoms with van der Waals surface area (Å²) in [5.41, 5.74) is 1.57. The highest BCUT2D eigenvalue weighted by Crippen LogP contribution is 2.28. The maximum atomic E-state index is 14.1. The lowest BCUT2D eigenvalue weighted by atomic mass is 9.97. The van der Waals surface area contributed by atoms with Crippen molar-refractivity contribution < 1.29 is 23.9 Å². The molecule has 0 spiro atoms. The Kier molecular flexibility index (Phi) is 10.7. The fraction of sp³-hybridized carbons (Fsp3) is 0.500. The van der Waals surface area contributed by atoms with Gasteiger partial charge in [-0.15, -0.1) is 0 Å². The van der Waals surface area contributed by atoms with Gasteiger partial charge in [0.2, 0.25) is 5.91 Å². The summed E-state index contributed by atoms with van der Waals surface area (Å²) in [5.74, 6) is 0.0670. The topological polar surface area (TPSA) is 97.0 Å². The van der Waals surface area contributed by atoms with Crippen LogP contribution in [0.3, 0.4) is 0 Å². The number of rotatable bonds is 10. The van der Waals surface area contributed by atoms with Gasteiger partial charge in [0.1, 0.15) is 23.4 Å². The molecular formula is C30H43N3O5. The van der Waals surface area contributed by atoms with Crippen molar-refractivity contribution in [2.45, 2.75) is 85.5 Å². The summed E-state index contributed by atoms with van der Waals surface area (Å²) < 4.78 is 10.6. The van der Waals surface area contributed by atoms with Crippen LogP contribution in [-0.4, -0.2) is 47.6 Å². The molecule has 0 saturated carbocycles. The Morgan fingerprint density at radius 1 is 0.921 bits per heavy atom. The number of ether oxygens (including phenoxy) is 2.